The molecule has 16 heavy (non-hydrogen) atoms. The van der Waals surface area contributed by atoms with Crippen LogP contribution in [-0.4, -0.2) is 30.3 Å². The number of aliphatic hydroxyl groups is 1. The van der Waals surface area contributed by atoms with E-state index in [2.05, 4.69) is 27.8 Å². The van der Waals surface area contributed by atoms with Crippen LogP contribution in [0, 0.1) is 0 Å². The summed E-state index contributed by atoms with van der Waals surface area (Å²) in [4.78, 5) is 4.36. The average molecular weight is 219 g/mol. The molecule has 1 unspecified atom stereocenters. The van der Waals surface area contributed by atoms with Crippen molar-refractivity contribution in [2.45, 2.75) is 19.0 Å². The van der Waals surface area contributed by atoms with Crippen LogP contribution in [0.4, 0.5) is 0 Å². The van der Waals surface area contributed by atoms with E-state index in [9.17, 15) is 0 Å². The Balaban J connectivity index is 1.92. The van der Waals surface area contributed by atoms with Crippen molar-refractivity contribution >= 4 is 5.96 Å². The molecular formula is C12H17N3O. The Labute approximate surface area is 95.4 Å². The average Bonchev–Trinajstić information content (AvgIpc) is 2.78. The third-order valence-electron chi connectivity index (χ3n) is 2.60. The second kappa shape index (κ2) is 4.99. The zero-order valence-corrected chi connectivity index (χ0v) is 9.35. The highest BCUT2D eigenvalue weighted by molar-refractivity contribution is 5.82. The van der Waals surface area contributed by atoms with E-state index in [1.165, 1.54) is 5.56 Å². The van der Waals surface area contributed by atoms with Gasteiger partial charge >= 0.3 is 0 Å². The van der Waals surface area contributed by atoms with Crippen molar-refractivity contribution in [2.24, 2.45) is 4.99 Å². The molecule has 0 fully saturated rings. The van der Waals surface area contributed by atoms with E-state index >= 15 is 0 Å². The van der Waals surface area contributed by atoms with Gasteiger partial charge in [-0.25, -0.2) is 0 Å². The van der Waals surface area contributed by atoms with Gasteiger partial charge in [0.25, 0.3) is 0 Å². The minimum Gasteiger partial charge on any atom is -0.394 e. The van der Waals surface area contributed by atoms with Crippen LogP contribution in [0.2, 0.25) is 0 Å². The summed E-state index contributed by atoms with van der Waals surface area (Å²) in [5, 5.41) is 15.4. The maximum atomic E-state index is 8.93. The van der Waals surface area contributed by atoms with Gasteiger partial charge in [-0.3, -0.25) is 4.99 Å². The molecule has 0 saturated carbocycles. The van der Waals surface area contributed by atoms with Crippen molar-refractivity contribution in [3.05, 3.63) is 35.9 Å². The van der Waals surface area contributed by atoms with E-state index in [-0.39, 0.29) is 18.7 Å². The van der Waals surface area contributed by atoms with Gasteiger partial charge in [0.15, 0.2) is 5.96 Å². The van der Waals surface area contributed by atoms with Crippen molar-refractivity contribution in [1.29, 1.82) is 0 Å². The van der Waals surface area contributed by atoms with E-state index in [1.807, 2.05) is 25.1 Å². The summed E-state index contributed by atoms with van der Waals surface area (Å²) in [6, 6.07) is 10.5. The lowest BCUT2D eigenvalue weighted by molar-refractivity contribution is 0.263. The van der Waals surface area contributed by atoms with Gasteiger partial charge in [0.05, 0.1) is 19.2 Å². The molecule has 0 amide bonds. The minimum absolute atomic E-state index is 0.0285. The molecular weight excluding hydrogens is 202 g/mol. The molecule has 0 spiro atoms. The minimum atomic E-state index is 0.0285. The second-order valence-electron chi connectivity index (χ2n) is 4.02. The molecule has 1 aromatic carbocycles. The maximum absolute atomic E-state index is 8.93. The Kier molecular flexibility index (Phi) is 3.41. The van der Waals surface area contributed by atoms with Crippen LogP contribution in [0.25, 0.3) is 0 Å². The van der Waals surface area contributed by atoms with Gasteiger partial charge in [-0.1, -0.05) is 30.3 Å². The van der Waals surface area contributed by atoms with Gasteiger partial charge in [0.2, 0.25) is 0 Å². The van der Waals surface area contributed by atoms with Crippen LogP contribution in [0.1, 0.15) is 18.5 Å². The van der Waals surface area contributed by atoms with Crippen LogP contribution >= 0.6 is 0 Å². The van der Waals surface area contributed by atoms with E-state index in [1.54, 1.807) is 0 Å². The van der Waals surface area contributed by atoms with Gasteiger partial charge in [0.1, 0.15) is 0 Å². The summed E-state index contributed by atoms with van der Waals surface area (Å²) in [5.41, 5.74) is 1.24. The zero-order chi connectivity index (χ0) is 11.4. The first-order chi connectivity index (χ1) is 7.79. The molecule has 86 valence electrons. The molecule has 0 saturated heterocycles. The maximum Gasteiger partial charge on any atom is 0.192 e. The lowest BCUT2D eigenvalue weighted by Gasteiger charge is -2.15. The first-order valence-electron chi connectivity index (χ1n) is 5.53. The number of nitrogens with one attached hydrogen (secondary N) is 2. The Morgan fingerprint density at radius 2 is 2.25 bits per heavy atom. The number of hydrogen-bond donors (Lipinski definition) is 3. The number of aliphatic hydroxyl groups excluding tert-OH is 1. The van der Waals surface area contributed by atoms with Crippen LogP contribution < -0.4 is 10.6 Å². The van der Waals surface area contributed by atoms with Crippen molar-refractivity contribution in [3.63, 3.8) is 0 Å². The molecule has 4 nitrogen and oxygen atoms in total. The lowest BCUT2D eigenvalue weighted by atomic mass is 10.1. The Morgan fingerprint density at radius 3 is 2.94 bits per heavy atom. The Morgan fingerprint density at radius 1 is 1.50 bits per heavy atom. The van der Waals surface area contributed by atoms with Gasteiger partial charge in [-0.2, -0.15) is 0 Å². The van der Waals surface area contributed by atoms with Crippen LogP contribution in [0.15, 0.2) is 35.3 Å². The molecule has 3 N–H and O–H groups in total. The number of rotatable bonds is 3. The highest BCUT2D eigenvalue weighted by Gasteiger charge is 2.19. The fraction of sp³-hybridized carbons (Fsp3) is 0.417. The summed E-state index contributed by atoms with van der Waals surface area (Å²) < 4.78 is 0. The summed E-state index contributed by atoms with van der Waals surface area (Å²) in [6.07, 6.45) is 0. The number of guanidine groups is 1. The Bertz CT molecular complexity index is 364. The molecule has 0 aromatic heterocycles. The van der Waals surface area contributed by atoms with Crippen molar-refractivity contribution in [3.8, 4) is 0 Å². The number of nitrogens with zero attached hydrogens (tertiary/aromatic N) is 1. The third kappa shape index (κ3) is 2.52. The summed E-state index contributed by atoms with van der Waals surface area (Å²) in [5.74, 6) is 0.774. The van der Waals surface area contributed by atoms with Crippen LogP contribution in [0.3, 0.4) is 0 Å². The van der Waals surface area contributed by atoms with E-state index in [0.29, 0.717) is 0 Å². The number of aliphatic imine (C=N–C) groups is 1. The summed E-state index contributed by atoms with van der Waals surface area (Å²) >= 11 is 0. The van der Waals surface area contributed by atoms with Gasteiger partial charge in [0, 0.05) is 6.04 Å². The SMILES string of the molecule is C[C@@H](CO)NC1=NCC(c2ccccc2)N1. The quantitative estimate of drug-likeness (QED) is 0.700. The molecule has 1 heterocycles. The lowest BCUT2D eigenvalue weighted by Crippen LogP contribution is -2.42. The molecule has 1 aliphatic rings. The first kappa shape index (κ1) is 11.0. The standard InChI is InChI=1S/C12H17N3O/c1-9(8-16)14-12-13-7-11(15-12)10-5-3-2-4-6-10/h2-6,9,11,16H,7-8H2,1H3,(H2,13,14,15)/t9-,11?/m0/s1. The molecule has 2 atom stereocenters. The highest BCUT2D eigenvalue weighted by Crippen LogP contribution is 2.15. The number of benzene rings is 1. The molecule has 1 aromatic rings. The van der Waals surface area contributed by atoms with Crippen molar-refractivity contribution < 1.29 is 5.11 Å². The first-order valence-corrected chi connectivity index (χ1v) is 5.53. The number of hydrogen-bond acceptors (Lipinski definition) is 4. The van der Waals surface area contributed by atoms with Crippen LogP contribution in [0.5, 0.6) is 0 Å². The second-order valence-corrected chi connectivity index (χ2v) is 4.02. The van der Waals surface area contributed by atoms with E-state index in [0.717, 1.165) is 12.5 Å². The molecule has 4 heteroatoms. The monoisotopic (exact) mass is 219 g/mol. The van der Waals surface area contributed by atoms with E-state index < -0.39 is 0 Å². The predicted molar refractivity (Wildman–Crippen MR) is 64.3 cm³/mol. The third-order valence-corrected chi connectivity index (χ3v) is 2.60. The zero-order valence-electron chi connectivity index (χ0n) is 9.35. The highest BCUT2D eigenvalue weighted by atomic mass is 16.3. The fourth-order valence-electron chi connectivity index (χ4n) is 1.68. The molecule has 1 aliphatic heterocycles. The molecule has 0 aliphatic carbocycles. The fourth-order valence-corrected chi connectivity index (χ4v) is 1.68. The molecule has 2 rings (SSSR count). The normalized spacial score (nSPS) is 21.1. The molecule has 0 radical (unpaired) electrons. The Hall–Kier alpha value is -1.55. The van der Waals surface area contributed by atoms with Crippen LogP contribution in [-0.2, 0) is 0 Å². The largest absolute Gasteiger partial charge is 0.394 e. The van der Waals surface area contributed by atoms with Crippen molar-refractivity contribution in [2.75, 3.05) is 13.2 Å². The van der Waals surface area contributed by atoms with Gasteiger partial charge in [-0.15, -0.1) is 0 Å². The summed E-state index contributed by atoms with van der Waals surface area (Å²) in [6.45, 7) is 2.77. The van der Waals surface area contributed by atoms with Crippen molar-refractivity contribution in [1.82, 2.24) is 10.6 Å². The topological polar surface area (TPSA) is 56.6 Å². The summed E-state index contributed by atoms with van der Waals surface area (Å²) in [7, 11) is 0. The van der Waals surface area contributed by atoms with E-state index in [4.69, 9.17) is 5.11 Å². The van der Waals surface area contributed by atoms with Gasteiger partial charge in [-0.05, 0) is 12.5 Å². The predicted octanol–water partition coefficient (Wildman–Crippen LogP) is 0.657. The molecule has 0 bridgehead atoms. The van der Waals surface area contributed by atoms with Gasteiger partial charge < -0.3 is 15.7 Å². The smallest absolute Gasteiger partial charge is 0.192 e.